The van der Waals surface area contributed by atoms with E-state index >= 15 is 0 Å². The minimum atomic E-state index is 0.201. The van der Waals surface area contributed by atoms with Gasteiger partial charge in [0.05, 0.1) is 7.11 Å². The molecule has 2 N–H and O–H groups in total. The topological polar surface area (TPSA) is 38.5 Å². The maximum absolute atomic E-state index is 6.10. The second kappa shape index (κ2) is 5.04. The number of nitrogens with zero attached hydrogens (tertiary/aromatic N) is 1. The van der Waals surface area contributed by atoms with Gasteiger partial charge in [-0.25, -0.2) is 0 Å². The summed E-state index contributed by atoms with van der Waals surface area (Å²) in [6.07, 6.45) is 6.35. The summed E-state index contributed by atoms with van der Waals surface area (Å²) in [5.74, 6) is 0.956. The van der Waals surface area contributed by atoms with Crippen molar-refractivity contribution >= 4 is 5.69 Å². The molecule has 19 heavy (non-hydrogen) atoms. The lowest BCUT2D eigenvalue weighted by Crippen LogP contribution is -2.42. The first kappa shape index (κ1) is 12.8. The molecule has 3 nitrogen and oxygen atoms in total. The van der Waals surface area contributed by atoms with E-state index in [1.165, 1.54) is 56.4 Å². The molecule has 1 aromatic rings. The molecule has 0 aromatic heterocycles. The van der Waals surface area contributed by atoms with Crippen LogP contribution in [0.4, 0.5) is 5.69 Å². The van der Waals surface area contributed by atoms with Crippen molar-refractivity contribution in [1.29, 1.82) is 0 Å². The van der Waals surface area contributed by atoms with Crippen LogP contribution in [0.2, 0.25) is 0 Å². The van der Waals surface area contributed by atoms with Gasteiger partial charge in [-0.3, -0.25) is 0 Å². The fourth-order valence-corrected chi connectivity index (χ4v) is 3.49. The van der Waals surface area contributed by atoms with Gasteiger partial charge in [0.25, 0.3) is 0 Å². The van der Waals surface area contributed by atoms with Gasteiger partial charge in [0.1, 0.15) is 5.75 Å². The maximum atomic E-state index is 6.10. The van der Waals surface area contributed by atoms with Crippen LogP contribution in [0, 0.1) is 0 Å². The molecule has 1 aliphatic heterocycles. The molecule has 2 aliphatic rings. The number of ether oxygens (including phenoxy) is 1. The highest BCUT2D eigenvalue weighted by Crippen LogP contribution is 2.47. The Hall–Kier alpha value is -1.22. The van der Waals surface area contributed by atoms with Crippen molar-refractivity contribution in [2.75, 3.05) is 31.6 Å². The van der Waals surface area contributed by atoms with E-state index < -0.39 is 0 Å². The molecule has 0 bridgehead atoms. The molecule has 1 saturated carbocycles. The first-order valence-electron chi connectivity index (χ1n) is 7.43. The molecule has 0 unspecified atom stereocenters. The Morgan fingerprint density at radius 2 is 1.95 bits per heavy atom. The van der Waals surface area contributed by atoms with E-state index in [4.69, 9.17) is 10.5 Å². The van der Waals surface area contributed by atoms with Crippen LogP contribution in [0.15, 0.2) is 18.2 Å². The van der Waals surface area contributed by atoms with E-state index in [1.54, 1.807) is 7.11 Å². The van der Waals surface area contributed by atoms with Gasteiger partial charge in [-0.05, 0) is 49.4 Å². The summed E-state index contributed by atoms with van der Waals surface area (Å²) in [4.78, 5) is 2.52. The quantitative estimate of drug-likeness (QED) is 0.904. The normalized spacial score (nSPS) is 21.3. The molecule has 104 valence electrons. The molecule has 0 radical (unpaired) electrons. The van der Waals surface area contributed by atoms with E-state index in [0.717, 1.165) is 12.3 Å². The number of hydrogen-bond donors (Lipinski definition) is 1. The monoisotopic (exact) mass is 260 g/mol. The molecular weight excluding hydrogens is 236 g/mol. The van der Waals surface area contributed by atoms with Crippen LogP contribution in [0.3, 0.4) is 0 Å². The number of methoxy groups -OCH3 is 1. The fraction of sp³-hybridized carbons (Fsp3) is 0.625. The van der Waals surface area contributed by atoms with Gasteiger partial charge < -0.3 is 15.4 Å². The zero-order valence-corrected chi connectivity index (χ0v) is 11.8. The predicted molar refractivity (Wildman–Crippen MR) is 79.0 cm³/mol. The molecular formula is C16H24N2O. The fourth-order valence-electron chi connectivity index (χ4n) is 3.49. The number of hydrogen-bond acceptors (Lipinski definition) is 3. The van der Waals surface area contributed by atoms with Gasteiger partial charge >= 0.3 is 0 Å². The van der Waals surface area contributed by atoms with Crippen LogP contribution < -0.4 is 15.4 Å². The number of rotatable bonds is 4. The number of anilines is 1. The molecule has 1 heterocycles. The minimum Gasteiger partial charge on any atom is -0.497 e. The summed E-state index contributed by atoms with van der Waals surface area (Å²) in [5, 5.41) is 0. The number of nitrogens with two attached hydrogens (primary N) is 1. The maximum Gasteiger partial charge on any atom is 0.119 e. The van der Waals surface area contributed by atoms with Crippen molar-refractivity contribution in [1.82, 2.24) is 0 Å². The van der Waals surface area contributed by atoms with Gasteiger partial charge in [-0.1, -0.05) is 6.42 Å². The van der Waals surface area contributed by atoms with Crippen molar-refractivity contribution in [3.8, 4) is 5.75 Å². The lowest BCUT2D eigenvalue weighted by Gasteiger charge is -2.43. The summed E-state index contributed by atoms with van der Waals surface area (Å²) in [6, 6.07) is 6.54. The van der Waals surface area contributed by atoms with E-state index in [9.17, 15) is 0 Å². The summed E-state index contributed by atoms with van der Waals surface area (Å²) in [6.45, 7) is 3.11. The van der Waals surface area contributed by atoms with Crippen molar-refractivity contribution < 1.29 is 4.74 Å². The van der Waals surface area contributed by atoms with E-state index in [-0.39, 0.29) is 5.41 Å². The Balaban J connectivity index is 2.02. The van der Waals surface area contributed by atoms with Crippen molar-refractivity contribution in [2.45, 2.75) is 37.5 Å². The lowest BCUT2D eigenvalue weighted by atomic mass is 9.64. The van der Waals surface area contributed by atoms with Gasteiger partial charge in [0.2, 0.25) is 0 Å². The average Bonchev–Trinajstić information content (AvgIpc) is 2.92. The molecule has 3 heteroatoms. The van der Waals surface area contributed by atoms with Gasteiger partial charge in [0.15, 0.2) is 0 Å². The van der Waals surface area contributed by atoms with Crippen LogP contribution in [0.1, 0.15) is 37.7 Å². The first-order chi connectivity index (χ1) is 9.29. The molecule has 1 aromatic carbocycles. The molecule has 0 atom stereocenters. The van der Waals surface area contributed by atoms with Crippen LogP contribution in [0.5, 0.6) is 5.75 Å². The third-order valence-corrected chi connectivity index (χ3v) is 4.92. The zero-order chi connectivity index (χ0) is 13.3. The Bertz CT molecular complexity index is 443. The van der Waals surface area contributed by atoms with Gasteiger partial charge in [-0.15, -0.1) is 0 Å². The lowest BCUT2D eigenvalue weighted by molar-refractivity contribution is 0.252. The Labute approximate surface area is 115 Å². The van der Waals surface area contributed by atoms with Crippen LogP contribution in [-0.2, 0) is 5.41 Å². The second-order valence-corrected chi connectivity index (χ2v) is 5.92. The smallest absolute Gasteiger partial charge is 0.119 e. The Kier molecular flexibility index (Phi) is 3.40. The Morgan fingerprint density at radius 3 is 2.47 bits per heavy atom. The average molecular weight is 260 g/mol. The molecule has 0 spiro atoms. The summed E-state index contributed by atoms with van der Waals surface area (Å²) < 4.78 is 5.42. The molecule has 3 rings (SSSR count). The van der Waals surface area contributed by atoms with Crippen LogP contribution in [-0.4, -0.2) is 26.7 Å². The van der Waals surface area contributed by atoms with Crippen molar-refractivity contribution in [3.05, 3.63) is 23.8 Å². The highest BCUT2D eigenvalue weighted by molar-refractivity contribution is 5.60. The summed E-state index contributed by atoms with van der Waals surface area (Å²) >= 11 is 0. The van der Waals surface area contributed by atoms with Gasteiger partial charge in [0, 0.05) is 30.7 Å². The highest BCUT2D eigenvalue weighted by atomic mass is 16.5. The van der Waals surface area contributed by atoms with Gasteiger partial charge in [-0.2, -0.15) is 0 Å². The minimum absolute atomic E-state index is 0.201. The first-order valence-corrected chi connectivity index (χ1v) is 7.43. The zero-order valence-electron chi connectivity index (χ0n) is 11.8. The molecule has 2 fully saturated rings. The summed E-state index contributed by atoms with van der Waals surface area (Å²) in [5.41, 5.74) is 9.11. The van der Waals surface area contributed by atoms with Crippen LogP contribution >= 0.6 is 0 Å². The highest BCUT2D eigenvalue weighted by Gasteiger charge is 2.40. The third-order valence-electron chi connectivity index (χ3n) is 4.92. The molecule has 1 saturated heterocycles. The van der Waals surface area contributed by atoms with E-state index in [1.807, 2.05) is 0 Å². The summed E-state index contributed by atoms with van der Waals surface area (Å²) in [7, 11) is 1.74. The van der Waals surface area contributed by atoms with E-state index in [0.29, 0.717) is 0 Å². The third kappa shape index (κ3) is 2.10. The second-order valence-electron chi connectivity index (χ2n) is 5.92. The van der Waals surface area contributed by atoms with Crippen LogP contribution in [0.25, 0.3) is 0 Å². The van der Waals surface area contributed by atoms with Crippen molar-refractivity contribution in [3.63, 3.8) is 0 Å². The number of benzene rings is 1. The predicted octanol–water partition coefficient (Wildman–Crippen LogP) is 2.68. The molecule has 0 amide bonds. The van der Waals surface area contributed by atoms with Crippen molar-refractivity contribution in [2.24, 2.45) is 5.73 Å². The standard InChI is InChI=1S/C16H24N2O/c1-19-13-5-6-15(18-9-2-3-10-18)14(11-13)16(12-17)7-4-8-16/h5-6,11H,2-4,7-10,12,17H2,1H3. The van der Waals surface area contributed by atoms with E-state index in [2.05, 4.69) is 23.1 Å². The SMILES string of the molecule is COc1ccc(N2CCCC2)c(C2(CN)CCC2)c1. The Morgan fingerprint density at radius 1 is 1.21 bits per heavy atom. The molecule has 1 aliphatic carbocycles. The largest absolute Gasteiger partial charge is 0.497 e.